The summed E-state index contributed by atoms with van der Waals surface area (Å²) in [4.78, 5) is 0. The van der Waals surface area contributed by atoms with Crippen LogP contribution in [0.3, 0.4) is 0 Å². The van der Waals surface area contributed by atoms with Gasteiger partial charge in [0.25, 0.3) is 0 Å². The fourth-order valence-electron chi connectivity index (χ4n) is 1.13. The van der Waals surface area contributed by atoms with Crippen LogP contribution >= 0.6 is 0 Å². The molecule has 2 aromatic rings. The first-order chi connectivity index (χ1) is 6.84. The molecule has 0 spiro atoms. The first-order valence-electron chi connectivity index (χ1n) is 4.34. The van der Waals surface area contributed by atoms with Crippen LogP contribution in [-0.2, 0) is 16.3 Å². The van der Waals surface area contributed by atoms with E-state index in [1.54, 1.807) is 0 Å². The molecule has 0 bridgehead atoms. The first kappa shape index (κ1) is 9.33. The molecule has 2 aromatic carbocycles. The Bertz CT molecular complexity index is 394. The zero-order valence-electron chi connectivity index (χ0n) is 7.51. The Balaban J connectivity index is 2.16. The minimum atomic E-state index is 0.857. The molecular formula is C12H9CrO. The molecule has 0 N–H and O–H groups in total. The second-order valence-corrected chi connectivity index (χ2v) is 3.62. The molecule has 0 fully saturated rings. The molecular weight excluding hydrogens is 212 g/mol. The summed E-state index contributed by atoms with van der Waals surface area (Å²) in [5.74, 6) is 1.72. The molecule has 0 aliphatic carbocycles. The summed E-state index contributed by atoms with van der Waals surface area (Å²) >= 11 is 2.94. The van der Waals surface area contributed by atoms with Gasteiger partial charge >= 0.3 is 91.5 Å². The van der Waals surface area contributed by atoms with Gasteiger partial charge < -0.3 is 0 Å². The summed E-state index contributed by atoms with van der Waals surface area (Å²) in [6.45, 7) is 0. The molecule has 2 rings (SSSR count). The topological polar surface area (TPSA) is 9.23 Å². The molecule has 0 amide bonds. The Morgan fingerprint density at radius 1 is 0.714 bits per heavy atom. The van der Waals surface area contributed by atoms with Gasteiger partial charge in [0.15, 0.2) is 0 Å². The van der Waals surface area contributed by atoms with E-state index in [0.717, 1.165) is 15.9 Å². The van der Waals surface area contributed by atoms with E-state index in [0.29, 0.717) is 0 Å². The molecule has 1 nitrogen and oxygen atoms in total. The van der Waals surface area contributed by atoms with Gasteiger partial charge in [-0.1, -0.05) is 0 Å². The molecule has 2 heteroatoms. The van der Waals surface area contributed by atoms with Gasteiger partial charge in [-0.05, 0) is 0 Å². The molecule has 14 heavy (non-hydrogen) atoms. The average molecular weight is 221 g/mol. The van der Waals surface area contributed by atoms with E-state index in [2.05, 4.69) is 16.3 Å². The Kier molecular flexibility index (Phi) is 2.88. The zero-order valence-corrected chi connectivity index (χ0v) is 8.79. The van der Waals surface area contributed by atoms with Crippen molar-refractivity contribution in [1.29, 1.82) is 0 Å². The Morgan fingerprint density at radius 2 is 1.29 bits per heavy atom. The van der Waals surface area contributed by atoms with Crippen molar-refractivity contribution in [3.63, 3.8) is 0 Å². The maximum absolute atomic E-state index is 5.62. The van der Waals surface area contributed by atoms with Gasteiger partial charge in [0.1, 0.15) is 0 Å². The summed E-state index contributed by atoms with van der Waals surface area (Å²) < 4.78 is 6.74. The molecule has 0 saturated carbocycles. The predicted molar refractivity (Wildman–Crippen MR) is 52.6 cm³/mol. The number of ether oxygens (including phenoxy) is 1. The van der Waals surface area contributed by atoms with E-state index in [4.69, 9.17) is 4.74 Å². The number of para-hydroxylation sites is 1. The standard InChI is InChI=1S/C12H9O.Cr/c1-3-7-11(8-4-1)13-12-9-5-2-6-10-12;/h1,3-10H;. The molecule has 0 aromatic heterocycles. The summed E-state index contributed by atoms with van der Waals surface area (Å²) in [5.41, 5.74) is 0. The van der Waals surface area contributed by atoms with Gasteiger partial charge in [-0.25, -0.2) is 0 Å². The van der Waals surface area contributed by atoms with Gasteiger partial charge in [-0.2, -0.15) is 0 Å². The van der Waals surface area contributed by atoms with E-state index in [9.17, 15) is 0 Å². The molecule has 0 saturated heterocycles. The van der Waals surface area contributed by atoms with Gasteiger partial charge in [0, 0.05) is 0 Å². The van der Waals surface area contributed by atoms with E-state index in [1.807, 2.05) is 54.6 Å². The third kappa shape index (κ3) is 2.38. The van der Waals surface area contributed by atoms with Crippen LogP contribution in [0.2, 0.25) is 0 Å². The number of rotatable bonds is 2. The number of hydrogen-bond donors (Lipinski definition) is 0. The molecule has 0 heterocycles. The third-order valence-corrected chi connectivity index (χ3v) is 2.23. The molecule has 0 radical (unpaired) electrons. The molecule has 0 atom stereocenters. The minimum absolute atomic E-state index is 0.857. The van der Waals surface area contributed by atoms with Gasteiger partial charge in [-0.3, -0.25) is 0 Å². The maximum atomic E-state index is 5.62. The predicted octanol–water partition coefficient (Wildman–Crippen LogP) is 2.65. The zero-order chi connectivity index (χ0) is 9.80. The van der Waals surface area contributed by atoms with Crippen molar-refractivity contribution in [3.8, 4) is 11.5 Å². The van der Waals surface area contributed by atoms with E-state index >= 15 is 0 Å². The summed E-state index contributed by atoms with van der Waals surface area (Å²) in [6.07, 6.45) is 0. The second-order valence-electron chi connectivity index (χ2n) is 2.89. The molecule has 0 aliphatic rings. The fraction of sp³-hybridized carbons (Fsp3) is 0. The van der Waals surface area contributed by atoms with Gasteiger partial charge in [-0.15, -0.1) is 0 Å². The van der Waals surface area contributed by atoms with Crippen LogP contribution in [0.5, 0.6) is 11.5 Å². The van der Waals surface area contributed by atoms with Crippen molar-refractivity contribution < 1.29 is 21.0 Å². The van der Waals surface area contributed by atoms with Crippen molar-refractivity contribution in [2.24, 2.45) is 0 Å². The van der Waals surface area contributed by atoms with Crippen molar-refractivity contribution >= 4 is 4.43 Å². The fourth-order valence-corrected chi connectivity index (χ4v) is 1.34. The second kappa shape index (κ2) is 4.33. The van der Waals surface area contributed by atoms with Gasteiger partial charge in [0.2, 0.25) is 0 Å². The van der Waals surface area contributed by atoms with Crippen LogP contribution in [0.15, 0.2) is 54.6 Å². The van der Waals surface area contributed by atoms with Crippen LogP contribution in [-0.4, -0.2) is 0 Å². The Hall–Kier alpha value is -1.23. The SMILES string of the molecule is [Cr][c]1ccc(Oc2ccccc2)cc1. The summed E-state index contributed by atoms with van der Waals surface area (Å²) in [6, 6.07) is 17.6. The van der Waals surface area contributed by atoms with Crippen molar-refractivity contribution in [2.45, 2.75) is 0 Å². The van der Waals surface area contributed by atoms with Crippen LogP contribution in [0.25, 0.3) is 0 Å². The van der Waals surface area contributed by atoms with Crippen LogP contribution in [0.1, 0.15) is 0 Å². The van der Waals surface area contributed by atoms with Crippen molar-refractivity contribution in [3.05, 3.63) is 54.6 Å². The summed E-state index contributed by atoms with van der Waals surface area (Å²) in [7, 11) is 0. The average Bonchev–Trinajstić information content (AvgIpc) is 2.23. The molecule has 0 aliphatic heterocycles. The van der Waals surface area contributed by atoms with Gasteiger partial charge in [0.05, 0.1) is 0 Å². The monoisotopic (exact) mass is 221 g/mol. The first-order valence-corrected chi connectivity index (χ1v) is 4.98. The molecule has 69 valence electrons. The third-order valence-electron chi connectivity index (χ3n) is 1.80. The van der Waals surface area contributed by atoms with E-state index in [-0.39, 0.29) is 0 Å². The van der Waals surface area contributed by atoms with Crippen molar-refractivity contribution in [2.75, 3.05) is 0 Å². The van der Waals surface area contributed by atoms with E-state index in [1.165, 1.54) is 0 Å². The quantitative estimate of drug-likeness (QED) is 0.757. The van der Waals surface area contributed by atoms with Crippen LogP contribution in [0, 0.1) is 0 Å². The van der Waals surface area contributed by atoms with Crippen LogP contribution in [0.4, 0.5) is 0 Å². The summed E-state index contributed by atoms with van der Waals surface area (Å²) in [5, 5.41) is 0. The van der Waals surface area contributed by atoms with E-state index < -0.39 is 0 Å². The Morgan fingerprint density at radius 3 is 1.93 bits per heavy atom. The Labute approximate surface area is 91.8 Å². The normalized spacial score (nSPS) is 9.71. The van der Waals surface area contributed by atoms with Crippen LogP contribution < -0.4 is 9.16 Å². The van der Waals surface area contributed by atoms with Crippen molar-refractivity contribution in [1.82, 2.24) is 0 Å². The number of hydrogen-bond acceptors (Lipinski definition) is 1. The molecule has 0 unspecified atom stereocenters. The number of benzene rings is 2.